The summed E-state index contributed by atoms with van der Waals surface area (Å²) in [6.07, 6.45) is 1.77. The molecule has 3 aromatic heterocycles. The molecule has 2 aromatic carbocycles. The van der Waals surface area contributed by atoms with Crippen LogP contribution in [-0.2, 0) is 30.3 Å². The third-order valence-electron chi connectivity index (χ3n) is 8.60. The Hall–Kier alpha value is -4.10. The van der Waals surface area contributed by atoms with Crippen LogP contribution >= 0.6 is 11.6 Å². The molecule has 1 aliphatic heterocycles. The van der Waals surface area contributed by atoms with Crippen molar-refractivity contribution in [2.75, 3.05) is 6.61 Å². The average molecular weight is 656 g/mol. The van der Waals surface area contributed by atoms with Crippen LogP contribution in [-0.4, -0.2) is 53.5 Å². The van der Waals surface area contributed by atoms with Crippen LogP contribution in [0, 0.1) is 11.7 Å². The van der Waals surface area contributed by atoms with E-state index in [0.717, 1.165) is 68.2 Å². The maximum absolute atomic E-state index is 14.6. The Morgan fingerprint density at radius 2 is 1.78 bits per heavy atom. The summed E-state index contributed by atoms with van der Waals surface area (Å²) >= 11 is 5.97. The molecule has 1 saturated heterocycles. The Morgan fingerprint density at radius 3 is 2.48 bits per heavy atom. The van der Waals surface area contributed by atoms with Crippen molar-refractivity contribution in [2.24, 2.45) is 5.92 Å². The summed E-state index contributed by atoms with van der Waals surface area (Å²) in [6, 6.07) is 12.6. The summed E-state index contributed by atoms with van der Waals surface area (Å²) < 4.78 is 67.7. The molecule has 0 bridgehead atoms. The fraction of sp³-hybridized carbons (Fsp3) is 0.406. The highest BCUT2D eigenvalue weighted by Gasteiger charge is 2.35. The number of imidazole rings is 1. The summed E-state index contributed by atoms with van der Waals surface area (Å²) in [7, 11) is 0. The number of hydrogen-bond acceptors (Lipinski definition) is 7. The molecule has 4 heterocycles. The molecule has 1 saturated carbocycles. The maximum atomic E-state index is 14.6. The number of aromatic nitrogens is 7. The monoisotopic (exact) mass is 655 g/mol. The van der Waals surface area contributed by atoms with E-state index in [1.807, 2.05) is 23.3 Å². The molecule has 0 amide bonds. The number of aromatic amines is 1. The van der Waals surface area contributed by atoms with E-state index >= 15 is 0 Å². The number of nitrogens with zero attached hydrogens (tertiary/aromatic N) is 6. The van der Waals surface area contributed by atoms with Gasteiger partial charge in [0.05, 0.1) is 29.9 Å². The fourth-order valence-corrected chi connectivity index (χ4v) is 6.16. The number of ether oxygens (including phenoxy) is 2. The van der Waals surface area contributed by atoms with Gasteiger partial charge in [0.25, 0.3) is 5.88 Å². The molecule has 7 rings (SSSR count). The molecule has 5 aromatic rings. The Morgan fingerprint density at radius 1 is 1.00 bits per heavy atom. The highest BCUT2D eigenvalue weighted by atomic mass is 35.5. The minimum atomic E-state index is -4.61. The lowest BCUT2D eigenvalue weighted by Gasteiger charge is -2.30. The quantitative estimate of drug-likeness (QED) is 0.171. The maximum Gasteiger partial charge on any atom is 0.451 e. The van der Waals surface area contributed by atoms with E-state index in [0.29, 0.717) is 40.8 Å². The minimum Gasteiger partial charge on any atom is -0.472 e. The topological polar surface area (TPSA) is 104 Å². The van der Waals surface area contributed by atoms with Gasteiger partial charge in [0, 0.05) is 30.0 Å². The first-order valence-electron chi connectivity index (χ1n) is 15.2. The predicted octanol–water partition coefficient (Wildman–Crippen LogP) is 6.98. The van der Waals surface area contributed by atoms with Gasteiger partial charge in [0.15, 0.2) is 5.82 Å². The fourth-order valence-electron chi connectivity index (χ4n) is 6.04. The van der Waals surface area contributed by atoms with Crippen molar-refractivity contribution < 1.29 is 27.0 Å². The second-order valence-electron chi connectivity index (χ2n) is 11.8. The molecule has 14 heteroatoms. The van der Waals surface area contributed by atoms with Crippen LogP contribution in [0.2, 0.25) is 5.02 Å². The molecule has 0 unspecified atom stereocenters. The van der Waals surface area contributed by atoms with Crippen LogP contribution in [0.5, 0.6) is 5.88 Å². The molecule has 9 nitrogen and oxygen atoms in total. The molecule has 1 atom stereocenters. The largest absolute Gasteiger partial charge is 0.472 e. The number of rotatable bonds is 9. The SMILES string of the molecule is Fc1cnc(Cc2ccc(Cl)cc2)nc1OC1CCC(Cc2nc3cc(-c4n[nH]c(C(F)(F)F)n4)ccc3n2C[C@@H]2CCO2)CC1. The van der Waals surface area contributed by atoms with Gasteiger partial charge in [-0.2, -0.15) is 27.6 Å². The lowest BCUT2D eigenvalue weighted by atomic mass is 9.85. The summed E-state index contributed by atoms with van der Waals surface area (Å²) in [5.74, 6) is -0.113. The van der Waals surface area contributed by atoms with E-state index in [1.54, 1.807) is 24.3 Å². The Kier molecular flexibility index (Phi) is 8.36. The first kappa shape index (κ1) is 30.5. The van der Waals surface area contributed by atoms with E-state index in [2.05, 4.69) is 24.6 Å². The van der Waals surface area contributed by atoms with Gasteiger partial charge in [-0.1, -0.05) is 23.7 Å². The van der Waals surface area contributed by atoms with Gasteiger partial charge in [0.1, 0.15) is 17.8 Å². The summed E-state index contributed by atoms with van der Waals surface area (Å²) in [6.45, 7) is 1.37. The van der Waals surface area contributed by atoms with Crippen molar-refractivity contribution in [1.29, 1.82) is 0 Å². The molecule has 2 aliphatic rings. The third-order valence-corrected chi connectivity index (χ3v) is 8.85. The molecule has 1 aliphatic carbocycles. The number of H-pyrrole nitrogens is 1. The van der Waals surface area contributed by atoms with Crippen molar-refractivity contribution in [3.05, 3.63) is 82.5 Å². The van der Waals surface area contributed by atoms with E-state index in [-0.39, 0.29) is 23.9 Å². The summed E-state index contributed by atoms with van der Waals surface area (Å²) in [5, 5.41) is 6.37. The zero-order valence-electron chi connectivity index (χ0n) is 24.6. The zero-order valence-corrected chi connectivity index (χ0v) is 25.4. The summed E-state index contributed by atoms with van der Waals surface area (Å²) in [5.41, 5.74) is 2.95. The number of nitrogens with one attached hydrogen (secondary N) is 1. The number of benzene rings is 2. The van der Waals surface area contributed by atoms with Crippen molar-refractivity contribution in [2.45, 2.75) is 69.9 Å². The molecule has 0 radical (unpaired) electrons. The molecule has 2 fully saturated rings. The molecular weight excluding hydrogens is 626 g/mol. The van der Waals surface area contributed by atoms with Crippen LogP contribution < -0.4 is 4.74 Å². The van der Waals surface area contributed by atoms with Gasteiger partial charge in [0.2, 0.25) is 11.6 Å². The van der Waals surface area contributed by atoms with Gasteiger partial charge in [-0.25, -0.2) is 15.0 Å². The lowest BCUT2D eigenvalue weighted by molar-refractivity contribution is -0.144. The molecule has 46 heavy (non-hydrogen) atoms. The number of alkyl halides is 3. The van der Waals surface area contributed by atoms with Gasteiger partial charge >= 0.3 is 6.18 Å². The van der Waals surface area contributed by atoms with Gasteiger partial charge in [-0.15, -0.1) is 0 Å². The van der Waals surface area contributed by atoms with Crippen molar-refractivity contribution >= 4 is 22.6 Å². The van der Waals surface area contributed by atoms with E-state index in [9.17, 15) is 17.6 Å². The molecular formula is C32H30ClF4N7O2. The average Bonchev–Trinajstić information content (AvgIpc) is 3.64. The number of fused-ring (bicyclic) bond motifs is 1. The van der Waals surface area contributed by atoms with Crippen molar-refractivity contribution in [1.82, 2.24) is 34.7 Å². The second-order valence-corrected chi connectivity index (χ2v) is 12.3. The highest BCUT2D eigenvalue weighted by molar-refractivity contribution is 6.30. The zero-order chi connectivity index (χ0) is 31.8. The smallest absolute Gasteiger partial charge is 0.451 e. The van der Waals surface area contributed by atoms with Crippen molar-refractivity contribution in [3.63, 3.8) is 0 Å². The van der Waals surface area contributed by atoms with Crippen LogP contribution in [0.1, 0.15) is 55.1 Å². The Bertz CT molecular complexity index is 1830. The minimum absolute atomic E-state index is 0.0331. The highest BCUT2D eigenvalue weighted by Crippen LogP contribution is 2.33. The molecule has 1 N–H and O–H groups in total. The Labute approximate surface area is 266 Å². The van der Waals surface area contributed by atoms with E-state index in [1.165, 1.54) is 0 Å². The van der Waals surface area contributed by atoms with Crippen LogP contribution in [0.4, 0.5) is 17.6 Å². The number of hydrogen-bond donors (Lipinski definition) is 1. The van der Waals surface area contributed by atoms with Crippen LogP contribution in [0.15, 0.2) is 48.7 Å². The van der Waals surface area contributed by atoms with Crippen molar-refractivity contribution in [3.8, 4) is 17.3 Å². The van der Waals surface area contributed by atoms with E-state index < -0.39 is 17.8 Å². The molecule has 0 spiro atoms. The first-order valence-corrected chi connectivity index (χ1v) is 15.6. The van der Waals surface area contributed by atoms with Crippen LogP contribution in [0.25, 0.3) is 22.4 Å². The third kappa shape index (κ3) is 6.70. The molecule has 240 valence electrons. The first-order chi connectivity index (χ1) is 22.2. The standard InChI is InChI=1S/C32H30ClF4N7O2/c33-21-6-1-18(2-7-21)13-27-38-16-24(34)30(40-27)46-22-8-3-19(4-9-22)14-28-39-25-15-20(29-41-31(43-42-29)32(35,36)37)5-10-26(25)44(28)17-23-11-12-45-23/h1-2,5-7,10,15-16,19,22-23H,3-4,8-9,11-14,17H2,(H,41,42,43)/t19?,22?,23-/m0/s1. The lowest BCUT2D eigenvalue weighted by Crippen LogP contribution is -2.32. The number of halogens is 5. The normalized spacial score (nSPS) is 20.2. The predicted molar refractivity (Wildman–Crippen MR) is 161 cm³/mol. The Balaban J connectivity index is 1.03. The van der Waals surface area contributed by atoms with Gasteiger partial charge in [-0.05, 0) is 73.9 Å². The van der Waals surface area contributed by atoms with Gasteiger partial charge in [-0.3, -0.25) is 5.10 Å². The second kappa shape index (κ2) is 12.6. The van der Waals surface area contributed by atoms with Crippen LogP contribution in [0.3, 0.4) is 0 Å². The van der Waals surface area contributed by atoms with E-state index in [4.69, 9.17) is 26.1 Å². The van der Waals surface area contributed by atoms with Gasteiger partial charge < -0.3 is 14.0 Å². The summed E-state index contributed by atoms with van der Waals surface area (Å²) in [4.78, 5) is 17.0.